The number of aliphatic imine (C=N–C) groups is 1. The van der Waals surface area contributed by atoms with Crippen molar-refractivity contribution in [3.63, 3.8) is 0 Å². The van der Waals surface area contributed by atoms with Crippen LogP contribution in [0, 0.1) is 5.92 Å². The molecule has 0 radical (unpaired) electrons. The van der Waals surface area contributed by atoms with E-state index in [0.717, 1.165) is 19.3 Å². The molecule has 1 unspecified atom stereocenters. The van der Waals surface area contributed by atoms with Gasteiger partial charge in [-0.2, -0.15) is 17.0 Å². The molecule has 0 aliphatic carbocycles. The molecular formula is C13H29N5O2S. The predicted octanol–water partition coefficient (Wildman–Crippen LogP) is 0.208. The van der Waals surface area contributed by atoms with Crippen LogP contribution in [0.5, 0.6) is 0 Å². The van der Waals surface area contributed by atoms with E-state index in [0.29, 0.717) is 31.5 Å². The van der Waals surface area contributed by atoms with Gasteiger partial charge >= 0.3 is 0 Å². The first kappa shape index (κ1) is 18.2. The summed E-state index contributed by atoms with van der Waals surface area (Å²) < 4.78 is 27.5. The quantitative estimate of drug-likeness (QED) is 0.541. The number of nitrogens with two attached hydrogens (primary N) is 1. The van der Waals surface area contributed by atoms with Crippen LogP contribution in [0.4, 0.5) is 0 Å². The van der Waals surface area contributed by atoms with E-state index in [9.17, 15) is 8.42 Å². The largest absolute Gasteiger partial charge is 0.370 e. The van der Waals surface area contributed by atoms with Crippen LogP contribution in [0.1, 0.15) is 33.1 Å². The van der Waals surface area contributed by atoms with Gasteiger partial charge in [0.05, 0.1) is 0 Å². The second kappa shape index (κ2) is 7.95. The summed E-state index contributed by atoms with van der Waals surface area (Å²) >= 11 is 0. The number of hydrogen-bond acceptors (Lipinski definition) is 3. The molecule has 1 atom stereocenters. The van der Waals surface area contributed by atoms with Crippen LogP contribution in [0.15, 0.2) is 4.99 Å². The summed E-state index contributed by atoms with van der Waals surface area (Å²) in [6.07, 6.45) is 2.78. The highest BCUT2D eigenvalue weighted by Crippen LogP contribution is 2.21. The minimum absolute atomic E-state index is 0.0704. The predicted molar refractivity (Wildman–Crippen MR) is 86.3 cm³/mol. The van der Waals surface area contributed by atoms with Gasteiger partial charge in [0, 0.05) is 39.8 Å². The zero-order chi connectivity index (χ0) is 16.0. The zero-order valence-corrected chi connectivity index (χ0v) is 14.4. The normalized spacial score (nSPS) is 22.0. The summed E-state index contributed by atoms with van der Waals surface area (Å²) in [5.41, 5.74) is 5.81. The summed E-state index contributed by atoms with van der Waals surface area (Å²) in [5.74, 6) is 0.835. The highest BCUT2D eigenvalue weighted by Gasteiger charge is 2.33. The second-order valence-electron chi connectivity index (χ2n) is 6.05. The third-order valence-corrected chi connectivity index (χ3v) is 5.47. The van der Waals surface area contributed by atoms with Gasteiger partial charge in [-0.3, -0.25) is 4.99 Å². The molecule has 1 aliphatic heterocycles. The van der Waals surface area contributed by atoms with E-state index in [-0.39, 0.29) is 6.04 Å². The molecule has 7 nitrogen and oxygen atoms in total. The standard InChI is InChI=1S/C13H29N5O2S/c1-11(2)9-15-13(14)16-10-12-7-5-6-8-18(12)21(19,20)17(3)4/h11-12H,5-10H2,1-4H3,(H3,14,15,16). The van der Waals surface area contributed by atoms with Crippen LogP contribution >= 0.6 is 0 Å². The SMILES string of the molecule is CC(C)CN=C(N)NCC1CCCCN1S(=O)(=O)N(C)C. The van der Waals surface area contributed by atoms with Crippen molar-refractivity contribution >= 4 is 16.2 Å². The van der Waals surface area contributed by atoms with Gasteiger partial charge in [0.1, 0.15) is 0 Å². The lowest BCUT2D eigenvalue weighted by atomic mass is 10.1. The van der Waals surface area contributed by atoms with Gasteiger partial charge in [-0.05, 0) is 18.8 Å². The zero-order valence-electron chi connectivity index (χ0n) is 13.5. The van der Waals surface area contributed by atoms with Crippen molar-refractivity contribution in [2.45, 2.75) is 39.2 Å². The smallest absolute Gasteiger partial charge is 0.281 e. The molecule has 0 saturated carbocycles. The fourth-order valence-electron chi connectivity index (χ4n) is 2.25. The summed E-state index contributed by atoms with van der Waals surface area (Å²) in [6.45, 7) is 5.88. The van der Waals surface area contributed by atoms with Crippen LogP contribution in [-0.4, -0.2) is 62.8 Å². The highest BCUT2D eigenvalue weighted by molar-refractivity contribution is 7.86. The lowest BCUT2D eigenvalue weighted by Crippen LogP contribution is -2.53. The molecule has 0 bridgehead atoms. The number of piperidine rings is 1. The molecule has 0 aromatic heterocycles. The Bertz CT molecular complexity index is 447. The molecule has 124 valence electrons. The number of hydrogen-bond donors (Lipinski definition) is 2. The van der Waals surface area contributed by atoms with Gasteiger partial charge in [0.2, 0.25) is 0 Å². The topological polar surface area (TPSA) is 91.0 Å². The van der Waals surface area contributed by atoms with Crippen molar-refractivity contribution in [1.29, 1.82) is 0 Å². The summed E-state index contributed by atoms with van der Waals surface area (Å²) in [7, 11) is -0.252. The molecular weight excluding hydrogens is 290 g/mol. The first-order chi connectivity index (χ1) is 9.75. The number of guanidine groups is 1. The van der Waals surface area contributed by atoms with Crippen molar-refractivity contribution < 1.29 is 8.42 Å². The van der Waals surface area contributed by atoms with Crippen molar-refractivity contribution in [2.24, 2.45) is 16.6 Å². The molecule has 0 aromatic carbocycles. The molecule has 21 heavy (non-hydrogen) atoms. The fraction of sp³-hybridized carbons (Fsp3) is 0.923. The lowest BCUT2D eigenvalue weighted by Gasteiger charge is -2.36. The minimum Gasteiger partial charge on any atom is -0.370 e. The van der Waals surface area contributed by atoms with E-state index in [4.69, 9.17) is 5.73 Å². The first-order valence-corrected chi connectivity index (χ1v) is 8.88. The van der Waals surface area contributed by atoms with Gasteiger partial charge in [-0.1, -0.05) is 20.3 Å². The molecule has 1 saturated heterocycles. The lowest BCUT2D eigenvalue weighted by molar-refractivity contribution is 0.240. The molecule has 3 N–H and O–H groups in total. The number of nitrogens with zero attached hydrogens (tertiary/aromatic N) is 3. The highest BCUT2D eigenvalue weighted by atomic mass is 32.2. The van der Waals surface area contributed by atoms with Gasteiger partial charge in [0.25, 0.3) is 10.2 Å². The second-order valence-corrected chi connectivity index (χ2v) is 8.15. The van der Waals surface area contributed by atoms with Crippen LogP contribution in [-0.2, 0) is 10.2 Å². The third-order valence-electron chi connectivity index (χ3n) is 3.48. The Morgan fingerprint density at radius 2 is 2.10 bits per heavy atom. The molecule has 0 amide bonds. The molecule has 1 rings (SSSR count). The maximum absolute atomic E-state index is 12.3. The van der Waals surface area contributed by atoms with Gasteiger partial charge in [-0.25, -0.2) is 0 Å². The Morgan fingerprint density at radius 1 is 1.43 bits per heavy atom. The Morgan fingerprint density at radius 3 is 2.67 bits per heavy atom. The van der Waals surface area contributed by atoms with E-state index in [1.54, 1.807) is 18.4 Å². The van der Waals surface area contributed by atoms with Crippen LogP contribution in [0.3, 0.4) is 0 Å². The summed E-state index contributed by atoms with van der Waals surface area (Å²) in [6, 6.07) is -0.0704. The average molecular weight is 319 g/mol. The molecule has 0 aromatic rings. The van der Waals surface area contributed by atoms with Crippen molar-refractivity contribution in [3.8, 4) is 0 Å². The Hall–Kier alpha value is -0.860. The molecule has 1 heterocycles. The first-order valence-electron chi connectivity index (χ1n) is 7.48. The van der Waals surface area contributed by atoms with E-state index < -0.39 is 10.2 Å². The van der Waals surface area contributed by atoms with Crippen molar-refractivity contribution in [3.05, 3.63) is 0 Å². The number of rotatable bonds is 6. The van der Waals surface area contributed by atoms with Gasteiger partial charge in [0.15, 0.2) is 5.96 Å². The molecule has 8 heteroatoms. The molecule has 0 spiro atoms. The van der Waals surface area contributed by atoms with Crippen molar-refractivity contribution in [2.75, 3.05) is 33.7 Å². The summed E-state index contributed by atoms with van der Waals surface area (Å²) in [4.78, 5) is 4.24. The maximum Gasteiger partial charge on any atom is 0.281 e. The molecule has 1 aliphatic rings. The Kier molecular flexibility index (Phi) is 6.89. The van der Waals surface area contributed by atoms with Crippen molar-refractivity contribution in [1.82, 2.24) is 13.9 Å². The molecule has 1 fully saturated rings. The Balaban J connectivity index is 2.65. The van der Waals surface area contributed by atoms with E-state index in [1.165, 1.54) is 4.31 Å². The average Bonchev–Trinajstić information content (AvgIpc) is 2.42. The van der Waals surface area contributed by atoms with Crippen LogP contribution in [0.25, 0.3) is 0 Å². The van der Waals surface area contributed by atoms with E-state index >= 15 is 0 Å². The summed E-state index contributed by atoms with van der Waals surface area (Å²) in [5, 5.41) is 3.05. The van der Waals surface area contributed by atoms with E-state index in [1.807, 2.05) is 0 Å². The van der Waals surface area contributed by atoms with Crippen LogP contribution < -0.4 is 11.1 Å². The Labute approximate surface area is 128 Å². The van der Waals surface area contributed by atoms with Gasteiger partial charge < -0.3 is 11.1 Å². The number of nitrogens with one attached hydrogen (secondary N) is 1. The third kappa shape index (κ3) is 5.44. The van der Waals surface area contributed by atoms with E-state index in [2.05, 4.69) is 24.2 Å². The maximum atomic E-state index is 12.3. The minimum atomic E-state index is -3.38. The monoisotopic (exact) mass is 319 g/mol. The fourth-order valence-corrected chi connectivity index (χ4v) is 3.59. The van der Waals surface area contributed by atoms with Gasteiger partial charge in [-0.15, -0.1) is 0 Å². The van der Waals surface area contributed by atoms with Crippen LogP contribution in [0.2, 0.25) is 0 Å².